The molecule has 1 aromatic carbocycles. The van der Waals surface area contributed by atoms with Crippen molar-refractivity contribution >= 4 is 16.8 Å². The molecule has 3 heterocycles. The van der Waals surface area contributed by atoms with Crippen LogP contribution in [-0.2, 0) is 11.8 Å². The van der Waals surface area contributed by atoms with Crippen LogP contribution in [0.5, 0.6) is 0 Å². The van der Waals surface area contributed by atoms with Gasteiger partial charge < -0.3 is 10.1 Å². The van der Waals surface area contributed by atoms with Crippen LogP contribution in [0.1, 0.15) is 28.9 Å². The number of pyridine rings is 1. The number of rotatable bonds is 3. The Hall–Kier alpha value is -2.73. The van der Waals surface area contributed by atoms with E-state index in [1.54, 1.807) is 4.68 Å². The number of amides is 1. The number of carbonyl (C=O) groups is 1. The number of nitrogens with zero attached hydrogens (tertiary/aromatic N) is 3. The van der Waals surface area contributed by atoms with E-state index in [4.69, 9.17) is 4.74 Å². The maximum atomic E-state index is 12.7. The second kappa shape index (κ2) is 6.88. The standard InChI is InChI=1S/C20H22N4O2/c1-13-9-17(15-11-21-24(2)12-15)18-10-14(3-4-19(18)22-13)20(25)23-16-5-7-26-8-6-16/h3-4,9-12,16H,5-8H2,1-2H3,(H,23,25). The number of aromatic nitrogens is 3. The Morgan fingerprint density at radius 3 is 2.81 bits per heavy atom. The first-order chi connectivity index (χ1) is 12.6. The summed E-state index contributed by atoms with van der Waals surface area (Å²) in [5.74, 6) is -0.0449. The molecule has 134 valence electrons. The number of hydrogen-bond acceptors (Lipinski definition) is 4. The lowest BCUT2D eigenvalue weighted by Gasteiger charge is -2.23. The van der Waals surface area contributed by atoms with Crippen LogP contribution in [0.15, 0.2) is 36.7 Å². The normalized spacial score (nSPS) is 15.3. The molecular formula is C20H22N4O2. The van der Waals surface area contributed by atoms with Gasteiger partial charge in [0.2, 0.25) is 0 Å². The van der Waals surface area contributed by atoms with Crippen molar-refractivity contribution in [1.29, 1.82) is 0 Å². The van der Waals surface area contributed by atoms with Gasteiger partial charge in [-0.3, -0.25) is 14.5 Å². The summed E-state index contributed by atoms with van der Waals surface area (Å²) in [6.45, 7) is 3.39. The molecule has 0 saturated carbocycles. The zero-order chi connectivity index (χ0) is 18.1. The maximum absolute atomic E-state index is 12.7. The number of ether oxygens (including phenoxy) is 1. The molecule has 0 radical (unpaired) electrons. The second-order valence-corrected chi connectivity index (χ2v) is 6.81. The molecule has 26 heavy (non-hydrogen) atoms. The van der Waals surface area contributed by atoms with Crippen molar-refractivity contribution in [2.24, 2.45) is 7.05 Å². The molecule has 6 heteroatoms. The summed E-state index contributed by atoms with van der Waals surface area (Å²) in [6, 6.07) is 7.91. The van der Waals surface area contributed by atoms with Gasteiger partial charge in [0.1, 0.15) is 0 Å². The van der Waals surface area contributed by atoms with Gasteiger partial charge in [0.15, 0.2) is 0 Å². The molecule has 4 rings (SSSR count). The predicted octanol–water partition coefficient (Wildman–Crippen LogP) is 2.85. The van der Waals surface area contributed by atoms with E-state index in [0.717, 1.165) is 40.6 Å². The van der Waals surface area contributed by atoms with E-state index in [9.17, 15) is 4.79 Å². The highest BCUT2D eigenvalue weighted by Gasteiger charge is 2.18. The minimum absolute atomic E-state index is 0.0449. The molecule has 3 aromatic rings. The van der Waals surface area contributed by atoms with Gasteiger partial charge in [-0.1, -0.05) is 0 Å². The quantitative estimate of drug-likeness (QED) is 0.789. The summed E-state index contributed by atoms with van der Waals surface area (Å²) in [5.41, 5.74) is 4.54. The Morgan fingerprint density at radius 2 is 2.08 bits per heavy atom. The van der Waals surface area contributed by atoms with Gasteiger partial charge in [-0.25, -0.2) is 0 Å². The van der Waals surface area contributed by atoms with E-state index in [1.165, 1.54) is 0 Å². The smallest absolute Gasteiger partial charge is 0.251 e. The van der Waals surface area contributed by atoms with Crippen LogP contribution in [0.3, 0.4) is 0 Å². The number of nitrogens with one attached hydrogen (secondary N) is 1. The van der Waals surface area contributed by atoms with E-state index >= 15 is 0 Å². The highest BCUT2D eigenvalue weighted by atomic mass is 16.5. The van der Waals surface area contributed by atoms with E-state index < -0.39 is 0 Å². The monoisotopic (exact) mass is 350 g/mol. The summed E-state index contributed by atoms with van der Waals surface area (Å²) in [7, 11) is 1.90. The lowest BCUT2D eigenvalue weighted by atomic mass is 10.0. The highest BCUT2D eigenvalue weighted by Crippen LogP contribution is 2.29. The molecular weight excluding hydrogens is 328 g/mol. The Morgan fingerprint density at radius 1 is 1.27 bits per heavy atom. The van der Waals surface area contributed by atoms with Crippen molar-refractivity contribution < 1.29 is 9.53 Å². The lowest BCUT2D eigenvalue weighted by molar-refractivity contribution is 0.0696. The third kappa shape index (κ3) is 3.32. The van der Waals surface area contributed by atoms with Crippen molar-refractivity contribution in [2.75, 3.05) is 13.2 Å². The summed E-state index contributed by atoms with van der Waals surface area (Å²) in [6.07, 6.45) is 5.54. The van der Waals surface area contributed by atoms with Crippen molar-refractivity contribution in [3.8, 4) is 11.1 Å². The summed E-state index contributed by atoms with van der Waals surface area (Å²) >= 11 is 0. The van der Waals surface area contributed by atoms with E-state index in [2.05, 4.69) is 15.4 Å². The van der Waals surface area contributed by atoms with Gasteiger partial charge >= 0.3 is 0 Å². The Bertz CT molecular complexity index is 958. The van der Waals surface area contributed by atoms with Gasteiger partial charge in [-0.05, 0) is 49.6 Å². The highest BCUT2D eigenvalue weighted by molar-refractivity contribution is 6.02. The summed E-state index contributed by atoms with van der Waals surface area (Å²) in [5, 5.41) is 8.35. The maximum Gasteiger partial charge on any atom is 0.251 e. The molecule has 2 aromatic heterocycles. The first kappa shape index (κ1) is 16.7. The molecule has 1 amide bonds. The van der Waals surface area contributed by atoms with Gasteiger partial charge in [-0.2, -0.15) is 5.10 Å². The van der Waals surface area contributed by atoms with Crippen LogP contribution in [-0.4, -0.2) is 39.9 Å². The molecule has 1 N–H and O–H groups in total. The molecule has 0 spiro atoms. The largest absolute Gasteiger partial charge is 0.381 e. The first-order valence-corrected chi connectivity index (χ1v) is 8.89. The molecule has 6 nitrogen and oxygen atoms in total. The average molecular weight is 350 g/mol. The van der Waals surface area contributed by atoms with Crippen molar-refractivity contribution in [2.45, 2.75) is 25.8 Å². The van der Waals surface area contributed by atoms with Gasteiger partial charge in [0.25, 0.3) is 5.91 Å². The summed E-state index contributed by atoms with van der Waals surface area (Å²) < 4.78 is 7.13. The molecule has 0 unspecified atom stereocenters. The van der Waals surface area contributed by atoms with Crippen molar-refractivity contribution in [3.63, 3.8) is 0 Å². The third-order valence-electron chi connectivity index (χ3n) is 4.77. The topological polar surface area (TPSA) is 69.0 Å². The average Bonchev–Trinajstić information content (AvgIpc) is 3.07. The van der Waals surface area contributed by atoms with Gasteiger partial charge in [0, 0.05) is 54.7 Å². The molecule has 0 bridgehead atoms. The Balaban J connectivity index is 1.71. The predicted molar refractivity (Wildman–Crippen MR) is 100.0 cm³/mol. The first-order valence-electron chi connectivity index (χ1n) is 8.89. The van der Waals surface area contributed by atoms with Gasteiger partial charge in [0.05, 0.1) is 11.7 Å². The van der Waals surface area contributed by atoms with Crippen LogP contribution in [0.4, 0.5) is 0 Å². The van der Waals surface area contributed by atoms with Crippen LogP contribution in [0.2, 0.25) is 0 Å². The third-order valence-corrected chi connectivity index (χ3v) is 4.77. The number of fused-ring (bicyclic) bond motifs is 1. The fourth-order valence-electron chi connectivity index (χ4n) is 3.41. The van der Waals surface area contributed by atoms with Gasteiger partial charge in [-0.15, -0.1) is 0 Å². The number of hydrogen-bond donors (Lipinski definition) is 1. The lowest BCUT2D eigenvalue weighted by Crippen LogP contribution is -2.38. The number of aryl methyl sites for hydroxylation is 2. The van der Waals surface area contributed by atoms with Crippen molar-refractivity contribution in [3.05, 3.63) is 47.9 Å². The van der Waals surface area contributed by atoms with Crippen LogP contribution < -0.4 is 5.32 Å². The zero-order valence-corrected chi connectivity index (χ0v) is 15.0. The molecule has 1 aliphatic heterocycles. The fraction of sp³-hybridized carbons (Fsp3) is 0.350. The molecule has 1 aliphatic rings. The molecule has 1 fully saturated rings. The fourth-order valence-corrected chi connectivity index (χ4v) is 3.41. The van der Waals surface area contributed by atoms with Crippen LogP contribution >= 0.6 is 0 Å². The van der Waals surface area contributed by atoms with Crippen molar-refractivity contribution in [1.82, 2.24) is 20.1 Å². The van der Waals surface area contributed by atoms with E-state index in [0.29, 0.717) is 18.8 Å². The SMILES string of the molecule is Cc1cc(-c2cnn(C)c2)c2cc(C(=O)NC3CCOCC3)ccc2n1. The Labute approximate surface area is 152 Å². The number of carbonyl (C=O) groups excluding carboxylic acids is 1. The van der Waals surface area contributed by atoms with E-state index in [-0.39, 0.29) is 11.9 Å². The zero-order valence-electron chi connectivity index (χ0n) is 15.0. The minimum atomic E-state index is -0.0449. The summed E-state index contributed by atoms with van der Waals surface area (Å²) in [4.78, 5) is 17.3. The van der Waals surface area contributed by atoms with Crippen LogP contribution in [0, 0.1) is 6.92 Å². The molecule has 1 saturated heterocycles. The second-order valence-electron chi connectivity index (χ2n) is 6.81. The molecule has 0 atom stereocenters. The molecule has 0 aliphatic carbocycles. The Kier molecular flexibility index (Phi) is 4.42. The van der Waals surface area contributed by atoms with E-state index in [1.807, 2.05) is 50.6 Å². The number of benzene rings is 1. The van der Waals surface area contributed by atoms with Crippen LogP contribution in [0.25, 0.3) is 22.0 Å². The minimum Gasteiger partial charge on any atom is -0.381 e.